The summed E-state index contributed by atoms with van der Waals surface area (Å²) in [5.74, 6) is -1.02. The summed E-state index contributed by atoms with van der Waals surface area (Å²) < 4.78 is 51.5. The number of benzene rings is 2. The van der Waals surface area contributed by atoms with E-state index in [9.17, 15) is 20.1 Å². The molecule has 3 N–H and O–H groups in total. The van der Waals surface area contributed by atoms with Gasteiger partial charge in [-0.1, -0.05) is 0 Å². The van der Waals surface area contributed by atoms with E-state index in [-0.39, 0.29) is 37.3 Å². The predicted molar refractivity (Wildman–Crippen MR) is 138 cm³/mol. The van der Waals surface area contributed by atoms with Crippen LogP contribution >= 0.6 is 0 Å². The molecule has 5 aliphatic rings. The highest BCUT2D eigenvalue weighted by molar-refractivity contribution is 5.79. The third-order valence-electron chi connectivity index (χ3n) is 8.75. The number of phenols is 1. The van der Waals surface area contributed by atoms with Gasteiger partial charge in [0.1, 0.15) is 24.4 Å². The van der Waals surface area contributed by atoms with Crippen LogP contribution < -0.4 is 18.9 Å². The molecule has 3 unspecified atom stereocenters. The fourth-order valence-electron chi connectivity index (χ4n) is 6.74. The maximum Gasteiger partial charge on any atom is 0.310 e. The van der Waals surface area contributed by atoms with Crippen molar-refractivity contribution in [2.24, 2.45) is 11.8 Å². The van der Waals surface area contributed by atoms with E-state index < -0.39 is 66.8 Å². The largest absolute Gasteiger partial charge is 0.502 e. The number of aliphatic hydroxyl groups is 2. The normalized spacial score (nSPS) is 36.5. The molecule has 3 fully saturated rings. The molecule has 0 saturated carbocycles. The topological polar surface area (TPSA) is 161 Å². The first-order chi connectivity index (χ1) is 20.3. The molecule has 4 heterocycles. The molecule has 226 valence electrons. The quantitative estimate of drug-likeness (QED) is 0.430. The number of hydrogen-bond donors (Lipinski definition) is 3. The predicted octanol–water partition coefficient (Wildman–Crippen LogP) is 1.34. The molecule has 7 rings (SSSR count). The standard InChI is InChI=1S/C29H32O13/c1-11-36-9-20-27(40-11)24(31)25(32)29(41-20)42-26-14-7-17-16(38-10-39-17)6-13(14)21(22-15(26)8-37-28(22)33)12-4-18(34-2)23(30)19(5-12)35-3/h4-7,11,15,20-22,24-27,29-32H,8-10H2,1-3H3/t11-,15+,20?,21-,22+,24?,25?,26-,27-,29+/m1/s1. The van der Waals surface area contributed by atoms with Crippen molar-refractivity contribution in [3.63, 3.8) is 0 Å². The fraction of sp³-hybridized carbons (Fsp3) is 0.552. The van der Waals surface area contributed by atoms with Crippen LogP contribution in [-0.2, 0) is 28.5 Å². The van der Waals surface area contributed by atoms with Crippen molar-refractivity contribution in [2.45, 2.75) is 55.9 Å². The van der Waals surface area contributed by atoms with Crippen LogP contribution in [0.15, 0.2) is 24.3 Å². The molecule has 13 heteroatoms. The van der Waals surface area contributed by atoms with Crippen molar-refractivity contribution in [2.75, 3.05) is 34.2 Å². The smallest absolute Gasteiger partial charge is 0.310 e. The van der Waals surface area contributed by atoms with E-state index in [1.807, 2.05) is 0 Å². The van der Waals surface area contributed by atoms with E-state index in [1.165, 1.54) is 14.2 Å². The molecule has 1 aliphatic carbocycles. The first kappa shape index (κ1) is 27.5. The van der Waals surface area contributed by atoms with Gasteiger partial charge in [0.15, 0.2) is 35.6 Å². The molecule has 0 spiro atoms. The molecule has 4 aliphatic heterocycles. The van der Waals surface area contributed by atoms with Gasteiger partial charge in [-0.3, -0.25) is 4.79 Å². The van der Waals surface area contributed by atoms with Gasteiger partial charge in [-0.25, -0.2) is 0 Å². The zero-order valence-electron chi connectivity index (χ0n) is 23.1. The van der Waals surface area contributed by atoms with Crippen molar-refractivity contribution < 1.29 is 62.7 Å². The Kier molecular flexibility index (Phi) is 6.83. The van der Waals surface area contributed by atoms with Crippen LogP contribution in [0.25, 0.3) is 0 Å². The van der Waals surface area contributed by atoms with Crippen molar-refractivity contribution in [1.82, 2.24) is 0 Å². The number of carbonyl (C=O) groups is 1. The van der Waals surface area contributed by atoms with Crippen LogP contribution in [0.5, 0.6) is 28.7 Å². The number of hydrogen-bond acceptors (Lipinski definition) is 13. The average molecular weight is 589 g/mol. The zero-order chi connectivity index (χ0) is 29.3. The minimum absolute atomic E-state index is 0.0301. The Balaban J connectivity index is 1.32. The molecule has 10 atom stereocenters. The molecule has 0 aromatic heterocycles. The highest BCUT2D eigenvalue weighted by atomic mass is 16.8. The number of aliphatic hydroxyl groups excluding tert-OH is 2. The fourth-order valence-corrected chi connectivity index (χ4v) is 6.74. The molecule has 2 aromatic carbocycles. The lowest BCUT2D eigenvalue weighted by Gasteiger charge is -2.47. The molecular formula is C29H32O13. The minimum atomic E-state index is -1.44. The van der Waals surface area contributed by atoms with Gasteiger partial charge in [0.25, 0.3) is 0 Å². The number of phenolic OH excluding ortho intramolecular Hbond substituents is 1. The Hall–Kier alpha value is -3.33. The van der Waals surface area contributed by atoms with Crippen LogP contribution in [0.1, 0.15) is 35.6 Å². The maximum absolute atomic E-state index is 13.4. The number of fused-ring (bicyclic) bond motifs is 4. The second-order valence-electron chi connectivity index (χ2n) is 11.0. The summed E-state index contributed by atoms with van der Waals surface area (Å²) in [6, 6.07) is 6.93. The third kappa shape index (κ3) is 4.26. The van der Waals surface area contributed by atoms with Gasteiger partial charge in [-0.2, -0.15) is 0 Å². The van der Waals surface area contributed by atoms with Crippen molar-refractivity contribution in [3.8, 4) is 28.7 Å². The zero-order valence-corrected chi connectivity index (χ0v) is 23.1. The SMILES string of the molecule is COc1cc([C@@H]2c3cc4c(cc3[C@@H](O[C@@H]3OC5CO[C@@H](C)O[C@H]5C(O)C3O)[C@H]3COC(=O)[C@H]23)OCO4)cc(OC)c1O. The van der Waals surface area contributed by atoms with E-state index in [2.05, 4.69) is 0 Å². The van der Waals surface area contributed by atoms with E-state index in [0.717, 1.165) is 0 Å². The summed E-state index contributed by atoms with van der Waals surface area (Å²) in [6.07, 6.45) is -6.80. The van der Waals surface area contributed by atoms with E-state index in [0.29, 0.717) is 28.2 Å². The highest BCUT2D eigenvalue weighted by Gasteiger charge is 2.56. The summed E-state index contributed by atoms with van der Waals surface area (Å²) >= 11 is 0. The number of rotatable bonds is 5. The molecule has 0 radical (unpaired) electrons. The van der Waals surface area contributed by atoms with Crippen LogP contribution in [-0.4, -0.2) is 92.5 Å². The van der Waals surface area contributed by atoms with Crippen LogP contribution in [0.4, 0.5) is 0 Å². The Morgan fingerprint density at radius 2 is 1.57 bits per heavy atom. The second-order valence-corrected chi connectivity index (χ2v) is 11.0. The van der Waals surface area contributed by atoms with Gasteiger partial charge in [-0.15, -0.1) is 0 Å². The van der Waals surface area contributed by atoms with Gasteiger partial charge in [0, 0.05) is 11.8 Å². The minimum Gasteiger partial charge on any atom is -0.502 e. The van der Waals surface area contributed by atoms with Crippen LogP contribution in [0, 0.1) is 11.8 Å². The van der Waals surface area contributed by atoms with Gasteiger partial charge in [-0.05, 0) is 47.9 Å². The number of aromatic hydroxyl groups is 1. The Morgan fingerprint density at radius 1 is 0.881 bits per heavy atom. The molecular weight excluding hydrogens is 556 g/mol. The lowest BCUT2D eigenvalue weighted by atomic mass is 9.66. The summed E-state index contributed by atoms with van der Waals surface area (Å²) in [4.78, 5) is 13.4. The Morgan fingerprint density at radius 3 is 2.26 bits per heavy atom. The van der Waals surface area contributed by atoms with Crippen molar-refractivity contribution >= 4 is 5.97 Å². The molecule has 3 saturated heterocycles. The van der Waals surface area contributed by atoms with Gasteiger partial charge in [0.05, 0.1) is 39.5 Å². The number of cyclic esters (lactones) is 1. The summed E-state index contributed by atoms with van der Waals surface area (Å²) in [5.41, 5.74) is 2.01. The summed E-state index contributed by atoms with van der Waals surface area (Å²) in [5, 5.41) is 32.5. The van der Waals surface area contributed by atoms with Gasteiger partial charge >= 0.3 is 5.97 Å². The average Bonchev–Trinajstić information content (AvgIpc) is 3.61. The van der Waals surface area contributed by atoms with E-state index in [4.69, 9.17) is 42.6 Å². The number of carbonyl (C=O) groups excluding carboxylic acids is 1. The molecule has 42 heavy (non-hydrogen) atoms. The monoisotopic (exact) mass is 588 g/mol. The molecule has 0 bridgehead atoms. The van der Waals surface area contributed by atoms with E-state index >= 15 is 0 Å². The Bertz CT molecular complexity index is 1350. The van der Waals surface area contributed by atoms with Gasteiger partial charge < -0.3 is 58.0 Å². The first-order valence-electron chi connectivity index (χ1n) is 13.8. The van der Waals surface area contributed by atoms with Crippen molar-refractivity contribution in [1.29, 1.82) is 0 Å². The summed E-state index contributed by atoms with van der Waals surface area (Å²) in [6.45, 7) is 1.93. The number of ether oxygens (including phenoxy) is 9. The van der Waals surface area contributed by atoms with Gasteiger partial charge in [0.2, 0.25) is 12.5 Å². The summed E-state index contributed by atoms with van der Waals surface area (Å²) in [7, 11) is 2.86. The Labute approximate surface area is 240 Å². The molecule has 13 nitrogen and oxygen atoms in total. The van der Waals surface area contributed by atoms with E-state index in [1.54, 1.807) is 31.2 Å². The maximum atomic E-state index is 13.4. The molecule has 2 aromatic rings. The first-order valence-corrected chi connectivity index (χ1v) is 13.8. The van der Waals surface area contributed by atoms with Crippen LogP contribution in [0.3, 0.4) is 0 Å². The lowest BCUT2D eigenvalue weighted by molar-refractivity contribution is -0.364. The number of esters is 1. The van der Waals surface area contributed by atoms with Crippen molar-refractivity contribution in [3.05, 3.63) is 41.0 Å². The highest BCUT2D eigenvalue weighted by Crippen LogP contribution is 2.57. The molecule has 0 amide bonds. The lowest BCUT2D eigenvalue weighted by Crippen LogP contribution is -2.63. The number of methoxy groups -OCH3 is 2. The second kappa shape index (κ2) is 10.4. The third-order valence-corrected chi connectivity index (χ3v) is 8.75. The van der Waals surface area contributed by atoms with Crippen LogP contribution in [0.2, 0.25) is 0 Å².